The van der Waals surface area contributed by atoms with E-state index < -0.39 is 0 Å². The second-order valence-electron chi connectivity index (χ2n) is 5.18. The van der Waals surface area contributed by atoms with Crippen molar-refractivity contribution in [2.24, 2.45) is 7.05 Å². The maximum Gasteiger partial charge on any atom is 0.292 e. The Balaban J connectivity index is 2.52. The van der Waals surface area contributed by atoms with Crippen molar-refractivity contribution >= 4 is 29.2 Å². The number of carbonyl (C=O) groups excluding carboxylic acids is 1. The topological polar surface area (TPSA) is 44.0 Å². The number of thioether (sulfide) groups is 1. The molecule has 1 heterocycles. The fraction of sp³-hybridized carbons (Fsp3) is 0.667. The standard InChI is InChI=1S/C15H24N2O2S2/c1-4-5-6-7-8-9-10-21-15(19)17-12(2)11-13(18)16(3)14(17)20/h11H,4-10H2,1-3H3. The lowest BCUT2D eigenvalue weighted by Crippen LogP contribution is -2.25. The summed E-state index contributed by atoms with van der Waals surface area (Å²) in [5.41, 5.74) is 0.422. The molecule has 21 heavy (non-hydrogen) atoms. The Labute approximate surface area is 135 Å². The fourth-order valence-electron chi connectivity index (χ4n) is 2.06. The first-order valence-electron chi connectivity index (χ1n) is 7.45. The van der Waals surface area contributed by atoms with E-state index in [-0.39, 0.29) is 15.6 Å². The van der Waals surface area contributed by atoms with Crippen LogP contribution in [0.2, 0.25) is 0 Å². The molecule has 0 amide bonds. The molecule has 4 nitrogen and oxygen atoms in total. The minimum absolute atomic E-state index is 0.0957. The lowest BCUT2D eigenvalue weighted by atomic mass is 10.1. The number of nitrogens with zero attached hydrogens (tertiary/aromatic N) is 2. The van der Waals surface area contributed by atoms with Gasteiger partial charge in [-0.3, -0.25) is 18.7 Å². The second-order valence-corrected chi connectivity index (χ2v) is 6.59. The predicted octanol–water partition coefficient (Wildman–Crippen LogP) is 4.29. The van der Waals surface area contributed by atoms with Gasteiger partial charge in [-0.15, -0.1) is 0 Å². The monoisotopic (exact) mass is 328 g/mol. The van der Waals surface area contributed by atoms with E-state index in [1.165, 1.54) is 52.6 Å². The van der Waals surface area contributed by atoms with Crippen molar-refractivity contribution in [3.05, 3.63) is 26.9 Å². The van der Waals surface area contributed by atoms with Crippen LogP contribution in [-0.2, 0) is 7.05 Å². The Morgan fingerprint density at radius 1 is 1.24 bits per heavy atom. The van der Waals surface area contributed by atoms with Crippen LogP contribution >= 0.6 is 24.0 Å². The highest BCUT2D eigenvalue weighted by atomic mass is 32.2. The van der Waals surface area contributed by atoms with E-state index in [0.29, 0.717) is 5.69 Å². The van der Waals surface area contributed by atoms with E-state index in [0.717, 1.165) is 18.6 Å². The third-order valence-electron chi connectivity index (χ3n) is 3.40. The molecule has 0 N–H and O–H groups in total. The van der Waals surface area contributed by atoms with E-state index in [9.17, 15) is 9.59 Å². The van der Waals surface area contributed by atoms with Gasteiger partial charge in [0, 0.05) is 24.6 Å². The zero-order chi connectivity index (χ0) is 15.8. The first-order chi connectivity index (χ1) is 9.99. The molecular weight excluding hydrogens is 304 g/mol. The lowest BCUT2D eigenvalue weighted by Gasteiger charge is -2.10. The van der Waals surface area contributed by atoms with Crippen LogP contribution in [0, 0.1) is 11.7 Å². The van der Waals surface area contributed by atoms with Crippen LogP contribution in [0.1, 0.15) is 51.1 Å². The Morgan fingerprint density at radius 2 is 1.86 bits per heavy atom. The molecule has 0 aliphatic heterocycles. The first kappa shape index (κ1) is 18.2. The van der Waals surface area contributed by atoms with Crippen molar-refractivity contribution in [2.75, 3.05) is 5.75 Å². The number of unbranched alkanes of at least 4 members (excludes halogenated alkanes) is 5. The highest BCUT2D eigenvalue weighted by Gasteiger charge is 2.11. The SMILES string of the molecule is CCCCCCCCSC(=O)n1c(C)cc(=O)n(C)c1=S. The summed E-state index contributed by atoms with van der Waals surface area (Å²) in [7, 11) is 1.59. The van der Waals surface area contributed by atoms with Gasteiger partial charge in [0.2, 0.25) is 0 Å². The molecule has 0 fully saturated rings. The average Bonchev–Trinajstić information content (AvgIpc) is 2.44. The summed E-state index contributed by atoms with van der Waals surface area (Å²) in [6.45, 7) is 3.94. The van der Waals surface area contributed by atoms with E-state index in [2.05, 4.69) is 6.92 Å². The largest absolute Gasteiger partial charge is 0.292 e. The van der Waals surface area contributed by atoms with Crippen LogP contribution in [0.5, 0.6) is 0 Å². The van der Waals surface area contributed by atoms with E-state index in [1.54, 1.807) is 14.0 Å². The molecule has 0 bridgehead atoms. The smallest absolute Gasteiger partial charge is 0.288 e. The quantitative estimate of drug-likeness (QED) is 0.553. The van der Waals surface area contributed by atoms with Gasteiger partial charge in [0.1, 0.15) is 0 Å². The van der Waals surface area contributed by atoms with Gasteiger partial charge in [-0.25, -0.2) is 0 Å². The molecule has 0 aliphatic rings. The number of carbonyl (C=O) groups is 1. The van der Waals surface area contributed by atoms with Gasteiger partial charge in [0.25, 0.3) is 10.8 Å². The number of rotatable bonds is 7. The molecule has 0 unspecified atom stereocenters. The van der Waals surface area contributed by atoms with Crippen LogP contribution < -0.4 is 5.56 Å². The molecule has 0 saturated carbocycles. The Morgan fingerprint density at radius 3 is 2.52 bits per heavy atom. The highest BCUT2D eigenvalue weighted by Crippen LogP contribution is 2.14. The Hall–Kier alpha value is -0.880. The zero-order valence-electron chi connectivity index (χ0n) is 13.1. The molecule has 1 rings (SSSR count). The van der Waals surface area contributed by atoms with Crippen LogP contribution in [0.4, 0.5) is 4.79 Å². The first-order valence-corrected chi connectivity index (χ1v) is 8.85. The van der Waals surface area contributed by atoms with E-state index >= 15 is 0 Å². The molecule has 1 aromatic rings. The van der Waals surface area contributed by atoms with Gasteiger partial charge < -0.3 is 0 Å². The van der Waals surface area contributed by atoms with Gasteiger partial charge in [-0.1, -0.05) is 50.8 Å². The van der Waals surface area contributed by atoms with Crippen molar-refractivity contribution in [3.63, 3.8) is 0 Å². The Kier molecular flexibility index (Phi) is 7.96. The summed E-state index contributed by atoms with van der Waals surface area (Å²) in [6, 6.07) is 1.44. The average molecular weight is 329 g/mol. The molecule has 0 aromatic carbocycles. The van der Waals surface area contributed by atoms with Crippen LogP contribution in [0.3, 0.4) is 0 Å². The molecule has 118 valence electrons. The van der Waals surface area contributed by atoms with Crippen molar-refractivity contribution in [1.29, 1.82) is 0 Å². The van der Waals surface area contributed by atoms with Gasteiger partial charge in [0.05, 0.1) is 0 Å². The van der Waals surface area contributed by atoms with Crippen LogP contribution in [0.15, 0.2) is 10.9 Å². The third-order valence-corrected chi connectivity index (χ3v) is 4.78. The van der Waals surface area contributed by atoms with Crippen molar-refractivity contribution in [3.8, 4) is 0 Å². The zero-order valence-corrected chi connectivity index (χ0v) is 14.7. The molecule has 1 aromatic heterocycles. The summed E-state index contributed by atoms with van der Waals surface area (Å²) in [5.74, 6) is 0.801. The molecule has 0 atom stereocenters. The van der Waals surface area contributed by atoms with E-state index in [4.69, 9.17) is 12.2 Å². The maximum atomic E-state index is 12.2. The van der Waals surface area contributed by atoms with Gasteiger partial charge in [-0.2, -0.15) is 0 Å². The third kappa shape index (κ3) is 5.43. The molecule has 0 aliphatic carbocycles. The van der Waals surface area contributed by atoms with Gasteiger partial charge in [0.15, 0.2) is 4.77 Å². The number of aromatic nitrogens is 2. The maximum absolute atomic E-state index is 12.2. The number of hydrogen-bond acceptors (Lipinski definition) is 4. The Bertz CT molecular complexity index is 590. The summed E-state index contributed by atoms with van der Waals surface area (Å²) >= 11 is 6.46. The van der Waals surface area contributed by atoms with Crippen molar-refractivity contribution in [2.45, 2.75) is 52.4 Å². The summed E-state index contributed by atoms with van der Waals surface area (Å²) in [4.78, 5) is 23.8. The minimum Gasteiger partial charge on any atom is -0.288 e. The van der Waals surface area contributed by atoms with Crippen molar-refractivity contribution in [1.82, 2.24) is 9.13 Å². The van der Waals surface area contributed by atoms with Crippen LogP contribution in [0.25, 0.3) is 0 Å². The lowest BCUT2D eigenvalue weighted by molar-refractivity contribution is 0.260. The van der Waals surface area contributed by atoms with E-state index in [1.807, 2.05) is 0 Å². The molecular formula is C15H24N2O2S2. The molecule has 0 radical (unpaired) electrons. The van der Waals surface area contributed by atoms with Gasteiger partial charge >= 0.3 is 0 Å². The fourth-order valence-corrected chi connectivity index (χ4v) is 3.32. The minimum atomic E-state index is -0.178. The molecule has 6 heteroatoms. The normalized spacial score (nSPS) is 10.8. The number of aryl methyl sites for hydroxylation is 1. The summed E-state index contributed by atoms with van der Waals surface area (Å²) in [6.07, 6.45) is 7.26. The van der Waals surface area contributed by atoms with Crippen LogP contribution in [-0.4, -0.2) is 20.1 Å². The summed E-state index contributed by atoms with van der Waals surface area (Å²) in [5, 5.41) is -0.0957. The van der Waals surface area contributed by atoms with Crippen molar-refractivity contribution < 1.29 is 4.79 Å². The molecule has 0 saturated heterocycles. The number of hydrogen-bond donors (Lipinski definition) is 0. The molecule has 0 spiro atoms. The second kappa shape index (κ2) is 9.20. The highest BCUT2D eigenvalue weighted by molar-refractivity contribution is 8.13. The summed E-state index contributed by atoms with van der Waals surface area (Å²) < 4.78 is 3.03. The van der Waals surface area contributed by atoms with Gasteiger partial charge in [-0.05, 0) is 25.6 Å². The predicted molar refractivity (Wildman–Crippen MR) is 91.9 cm³/mol.